The van der Waals surface area contributed by atoms with Crippen molar-refractivity contribution >= 4 is 6.08 Å². The first-order valence-corrected chi connectivity index (χ1v) is 7.23. The van der Waals surface area contributed by atoms with Crippen LogP contribution in [-0.2, 0) is 4.74 Å². The average Bonchev–Trinajstić information content (AvgIpc) is 2.84. The zero-order valence-corrected chi connectivity index (χ0v) is 12.1. The largest absolute Gasteiger partial charge is 0.358 e. The first-order chi connectivity index (χ1) is 9.77. The van der Waals surface area contributed by atoms with Gasteiger partial charge >= 0.3 is 0 Å². The molecule has 1 aromatic rings. The molecule has 1 heteroatoms. The summed E-state index contributed by atoms with van der Waals surface area (Å²) in [5.41, 5.74) is 2.44. The smallest absolute Gasteiger partial charge is 0.108 e. The number of terminal acetylenes is 1. The summed E-state index contributed by atoms with van der Waals surface area (Å²) in [5, 5.41) is 0. The minimum Gasteiger partial charge on any atom is -0.358 e. The molecular formula is C19H22O. The van der Waals surface area contributed by atoms with Crippen LogP contribution in [0.5, 0.6) is 0 Å². The maximum atomic E-state index is 5.97. The van der Waals surface area contributed by atoms with Gasteiger partial charge in [-0.05, 0) is 43.7 Å². The number of allylic oxidation sites excluding steroid dienone is 2. The average molecular weight is 266 g/mol. The van der Waals surface area contributed by atoms with Gasteiger partial charge in [0, 0.05) is 0 Å². The molecular weight excluding hydrogens is 244 g/mol. The lowest BCUT2D eigenvalue weighted by Gasteiger charge is -2.30. The molecule has 0 amide bonds. The number of rotatable bonds is 6. The van der Waals surface area contributed by atoms with Crippen LogP contribution in [0.25, 0.3) is 6.08 Å². The molecule has 0 radical (unpaired) electrons. The van der Waals surface area contributed by atoms with Crippen molar-refractivity contribution in [1.29, 1.82) is 0 Å². The van der Waals surface area contributed by atoms with Crippen LogP contribution < -0.4 is 0 Å². The molecule has 0 aliphatic heterocycles. The van der Waals surface area contributed by atoms with Crippen LogP contribution in [0.15, 0.2) is 48.1 Å². The minimum absolute atomic E-state index is 0.132. The molecule has 1 aromatic carbocycles. The van der Waals surface area contributed by atoms with E-state index in [0.29, 0.717) is 6.61 Å². The summed E-state index contributed by atoms with van der Waals surface area (Å²) in [7, 11) is 0. The Morgan fingerprint density at radius 1 is 1.35 bits per heavy atom. The van der Waals surface area contributed by atoms with Crippen molar-refractivity contribution in [2.24, 2.45) is 0 Å². The summed E-state index contributed by atoms with van der Waals surface area (Å²) < 4.78 is 5.97. The molecule has 1 nitrogen and oxygen atoms in total. The quantitative estimate of drug-likeness (QED) is 0.539. The molecule has 0 fully saturated rings. The highest BCUT2D eigenvalue weighted by atomic mass is 16.5. The van der Waals surface area contributed by atoms with Gasteiger partial charge in [-0.25, -0.2) is 0 Å². The molecule has 1 atom stereocenters. The molecule has 0 heterocycles. The zero-order valence-electron chi connectivity index (χ0n) is 12.1. The van der Waals surface area contributed by atoms with E-state index in [1.54, 1.807) is 0 Å². The van der Waals surface area contributed by atoms with Crippen molar-refractivity contribution in [1.82, 2.24) is 0 Å². The van der Waals surface area contributed by atoms with Crippen LogP contribution in [-0.4, -0.2) is 12.2 Å². The van der Waals surface area contributed by atoms with E-state index in [1.807, 2.05) is 6.07 Å². The monoisotopic (exact) mass is 266 g/mol. The number of hydrogen-bond donors (Lipinski definition) is 0. The maximum Gasteiger partial charge on any atom is 0.108 e. The summed E-state index contributed by atoms with van der Waals surface area (Å²) in [4.78, 5) is 0. The topological polar surface area (TPSA) is 9.23 Å². The van der Waals surface area contributed by atoms with E-state index in [1.165, 1.54) is 11.1 Å². The van der Waals surface area contributed by atoms with Crippen LogP contribution in [0.4, 0.5) is 0 Å². The van der Waals surface area contributed by atoms with Gasteiger partial charge in [0.25, 0.3) is 0 Å². The second-order valence-corrected chi connectivity index (χ2v) is 5.26. The van der Waals surface area contributed by atoms with Gasteiger partial charge in [-0.15, -0.1) is 6.42 Å². The van der Waals surface area contributed by atoms with Gasteiger partial charge in [0.05, 0.1) is 5.60 Å². The van der Waals surface area contributed by atoms with E-state index < -0.39 is 0 Å². The zero-order chi connectivity index (χ0) is 14.3. The lowest BCUT2D eigenvalue weighted by Crippen LogP contribution is -2.31. The van der Waals surface area contributed by atoms with E-state index in [2.05, 4.69) is 55.3 Å². The summed E-state index contributed by atoms with van der Waals surface area (Å²) in [6.07, 6.45) is 16.2. The second-order valence-electron chi connectivity index (χ2n) is 5.26. The highest BCUT2D eigenvalue weighted by Crippen LogP contribution is 2.37. The molecule has 1 unspecified atom stereocenters. The predicted molar refractivity (Wildman–Crippen MR) is 85.2 cm³/mol. The Labute approximate surface area is 122 Å². The lowest BCUT2D eigenvalue weighted by atomic mass is 9.90. The number of benzene rings is 1. The van der Waals surface area contributed by atoms with Crippen molar-refractivity contribution in [3.63, 3.8) is 0 Å². The van der Waals surface area contributed by atoms with E-state index in [4.69, 9.17) is 11.2 Å². The fourth-order valence-electron chi connectivity index (χ4n) is 2.77. The van der Waals surface area contributed by atoms with Crippen molar-refractivity contribution in [2.45, 2.75) is 38.2 Å². The molecule has 0 saturated carbocycles. The second kappa shape index (κ2) is 7.12. The van der Waals surface area contributed by atoms with Crippen LogP contribution in [0.2, 0.25) is 0 Å². The van der Waals surface area contributed by atoms with Crippen molar-refractivity contribution in [3.05, 3.63) is 53.6 Å². The molecule has 0 spiro atoms. The number of hydrogen-bond acceptors (Lipinski definition) is 1. The SMILES string of the molecule is C#CCOC1(CC/C=C/c2ccccc2)CCC=C1C. The molecule has 0 saturated heterocycles. The van der Waals surface area contributed by atoms with Crippen LogP contribution >= 0.6 is 0 Å². The Balaban J connectivity index is 1.92. The predicted octanol–water partition coefficient (Wildman–Crippen LogP) is 4.61. The number of ether oxygens (including phenoxy) is 1. The standard InChI is InChI=1S/C19H22O/c1-3-16-20-19(15-9-10-17(19)2)14-8-7-13-18-11-5-4-6-12-18/h1,4-7,10-13H,8-9,14-16H2,2H3/b13-7+. The summed E-state index contributed by atoms with van der Waals surface area (Å²) >= 11 is 0. The minimum atomic E-state index is -0.132. The van der Waals surface area contributed by atoms with Gasteiger partial charge in [-0.3, -0.25) is 0 Å². The van der Waals surface area contributed by atoms with Gasteiger partial charge in [-0.1, -0.05) is 54.5 Å². The van der Waals surface area contributed by atoms with Gasteiger partial charge < -0.3 is 4.74 Å². The Kier molecular flexibility index (Phi) is 5.21. The van der Waals surface area contributed by atoms with Crippen LogP contribution in [0, 0.1) is 12.3 Å². The van der Waals surface area contributed by atoms with Crippen LogP contribution in [0.3, 0.4) is 0 Å². The molecule has 2 rings (SSSR count). The first-order valence-electron chi connectivity index (χ1n) is 7.23. The van der Waals surface area contributed by atoms with E-state index >= 15 is 0 Å². The van der Waals surface area contributed by atoms with Gasteiger partial charge in [-0.2, -0.15) is 0 Å². The molecule has 0 aromatic heterocycles. The molecule has 1 aliphatic rings. The Morgan fingerprint density at radius 2 is 2.15 bits per heavy atom. The summed E-state index contributed by atoms with van der Waals surface area (Å²) in [6.45, 7) is 2.55. The molecule has 1 aliphatic carbocycles. The third-order valence-electron chi connectivity index (χ3n) is 3.97. The first kappa shape index (κ1) is 14.6. The summed E-state index contributed by atoms with van der Waals surface area (Å²) in [5.74, 6) is 2.59. The van der Waals surface area contributed by atoms with E-state index in [-0.39, 0.29) is 5.60 Å². The van der Waals surface area contributed by atoms with Crippen molar-refractivity contribution < 1.29 is 4.74 Å². The molecule has 104 valence electrons. The lowest BCUT2D eigenvalue weighted by molar-refractivity contribution is -0.00307. The fraction of sp³-hybridized carbons (Fsp3) is 0.368. The third-order valence-corrected chi connectivity index (χ3v) is 3.97. The molecule has 0 N–H and O–H groups in total. The fourth-order valence-corrected chi connectivity index (χ4v) is 2.77. The third kappa shape index (κ3) is 3.62. The normalized spacial score (nSPS) is 21.9. The van der Waals surface area contributed by atoms with Gasteiger partial charge in [0.2, 0.25) is 0 Å². The molecule has 0 bridgehead atoms. The highest BCUT2D eigenvalue weighted by Gasteiger charge is 2.34. The summed E-state index contributed by atoms with van der Waals surface area (Å²) in [6, 6.07) is 10.4. The van der Waals surface area contributed by atoms with E-state index in [9.17, 15) is 0 Å². The van der Waals surface area contributed by atoms with E-state index in [0.717, 1.165) is 25.7 Å². The van der Waals surface area contributed by atoms with Crippen LogP contribution in [0.1, 0.15) is 38.2 Å². The highest BCUT2D eigenvalue weighted by molar-refractivity contribution is 5.48. The Bertz CT molecular complexity index is 518. The maximum absolute atomic E-state index is 5.97. The molecule has 20 heavy (non-hydrogen) atoms. The Hall–Kier alpha value is -1.78. The van der Waals surface area contributed by atoms with Crippen molar-refractivity contribution in [2.75, 3.05) is 6.61 Å². The van der Waals surface area contributed by atoms with Gasteiger partial charge in [0.1, 0.15) is 6.61 Å². The van der Waals surface area contributed by atoms with Crippen molar-refractivity contribution in [3.8, 4) is 12.3 Å². The Morgan fingerprint density at radius 3 is 2.80 bits per heavy atom. The van der Waals surface area contributed by atoms with Gasteiger partial charge in [0.15, 0.2) is 0 Å².